The molecule has 1 saturated heterocycles. The van der Waals surface area contributed by atoms with Crippen molar-refractivity contribution in [1.82, 2.24) is 20.1 Å². The summed E-state index contributed by atoms with van der Waals surface area (Å²) in [4.78, 5) is 46.6. The third kappa shape index (κ3) is 3.30. The number of unbranched alkanes of at least 4 members (excludes halogenated alkanes) is 1. The second-order valence-corrected chi connectivity index (χ2v) is 9.25. The summed E-state index contributed by atoms with van der Waals surface area (Å²) in [6, 6.07) is 6.81. The first kappa shape index (κ1) is 21.4. The molecule has 7 nitrogen and oxygen atoms in total. The number of H-pyrrole nitrogens is 1. The van der Waals surface area contributed by atoms with Crippen LogP contribution in [0.5, 0.6) is 0 Å². The Kier molecular flexibility index (Phi) is 5.54. The second kappa shape index (κ2) is 8.02. The van der Waals surface area contributed by atoms with E-state index in [-0.39, 0.29) is 23.8 Å². The lowest BCUT2D eigenvalue weighted by Gasteiger charge is -2.36. The topological polar surface area (TPSA) is 85.5 Å². The van der Waals surface area contributed by atoms with E-state index < -0.39 is 11.6 Å². The fraction of sp³-hybridized carbons (Fsp3) is 0.542. The number of carbonyl (C=O) groups excluding carboxylic acids is 3. The molecule has 4 amide bonds. The number of hydrogen-bond donors (Lipinski definition) is 2. The van der Waals surface area contributed by atoms with Gasteiger partial charge in [0.05, 0.1) is 5.69 Å². The molecule has 0 unspecified atom stereocenters. The zero-order chi connectivity index (χ0) is 22.3. The molecule has 2 atom stereocenters. The van der Waals surface area contributed by atoms with E-state index in [1.54, 1.807) is 4.90 Å². The standard InChI is InChI=1S/C24H32N4O3/c1-5-6-12-25-21(29)19(14-15(2)3)28-22(30)24(4)20-17(11-13-27(24)23(28)31)16-9-7-8-10-18(16)26-20/h7-10,15,19,26H,5-6,11-14H2,1-4H3,(H,25,29)/t19-,24+/m1/s1. The van der Waals surface area contributed by atoms with Crippen molar-refractivity contribution in [3.8, 4) is 0 Å². The minimum Gasteiger partial charge on any atom is -0.356 e. The average Bonchev–Trinajstić information content (AvgIpc) is 3.21. The van der Waals surface area contributed by atoms with E-state index in [0.29, 0.717) is 25.9 Å². The molecule has 166 valence electrons. The number of benzene rings is 1. The van der Waals surface area contributed by atoms with Gasteiger partial charge in [0.25, 0.3) is 5.91 Å². The zero-order valence-electron chi connectivity index (χ0n) is 18.8. The number of para-hydroxylation sites is 1. The Morgan fingerprint density at radius 1 is 1.26 bits per heavy atom. The molecule has 1 aromatic heterocycles. The van der Waals surface area contributed by atoms with E-state index in [4.69, 9.17) is 0 Å². The molecule has 7 heteroatoms. The molecule has 3 heterocycles. The fourth-order valence-corrected chi connectivity index (χ4v) is 4.98. The number of fused-ring (bicyclic) bond motifs is 5. The van der Waals surface area contributed by atoms with Crippen molar-refractivity contribution in [2.45, 2.75) is 65.0 Å². The number of imide groups is 1. The van der Waals surface area contributed by atoms with Crippen LogP contribution < -0.4 is 5.32 Å². The third-order valence-corrected chi connectivity index (χ3v) is 6.64. The van der Waals surface area contributed by atoms with Crippen LogP contribution in [0.1, 0.15) is 58.2 Å². The number of hydrogen-bond acceptors (Lipinski definition) is 3. The highest BCUT2D eigenvalue weighted by atomic mass is 16.2. The van der Waals surface area contributed by atoms with Crippen molar-refractivity contribution < 1.29 is 14.4 Å². The monoisotopic (exact) mass is 424 g/mol. The van der Waals surface area contributed by atoms with Gasteiger partial charge in [-0.05, 0) is 43.7 Å². The Labute approximate surface area is 183 Å². The van der Waals surface area contributed by atoms with Crippen molar-refractivity contribution in [2.75, 3.05) is 13.1 Å². The van der Waals surface area contributed by atoms with E-state index >= 15 is 0 Å². The first-order valence-electron chi connectivity index (χ1n) is 11.3. The summed E-state index contributed by atoms with van der Waals surface area (Å²) in [6.45, 7) is 8.88. The molecule has 2 N–H and O–H groups in total. The maximum atomic E-state index is 13.8. The highest BCUT2D eigenvalue weighted by Crippen LogP contribution is 2.44. The van der Waals surface area contributed by atoms with Crippen molar-refractivity contribution in [1.29, 1.82) is 0 Å². The van der Waals surface area contributed by atoms with E-state index in [2.05, 4.69) is 17.2 Å². The first-order chi connectivity index (χ1) is 14.8. The van der Waals surface area contributed by atoms with E-state index in [0.717, 1.165) is 35.0 Å². The van der Waals surface area contributed by atoms with Gasteiger partial charge in [0.1, 0.15) is 6.04 Å². The molecule has 0 saturated carbocycles. The van der Waals surface area contributed by atoms with Gasteiger partial charge in [0.15, 0.2) is 5.54 Å². The Balaban J connectivity index is 1.73. The molecule has 2 aromatic rings. The highest BCUT2D eigenvalue weighted by molar-refractivity contribution is 6.11. The van der Waals surface area contributed by atoms with Crippen LogP contribution in [0.3, 0.4) is 0 Å². The predicted octanol–water partition coefficient (Wildman–Crippen LogP) is 3.53. The summed E-state index contributed by atoms with van der Waals surface area (Å²) < 4.78 is 0. The summed E-state index contributed by atoms with van der Waals surface area (Å²) in [7, 11) is 0. The quantitative estimate of drug-likeness (QED) is 0.527. The van der Waals surface area contributed by atoms with Gasteiger partial charge >= 0.3 is 6.03 Å². The lowest BCUT2D eigenvalue weighted by atomic mass is 9.87. The van der Waals surface area contributed by atoms with Crippen LogP contribution in [-0.4, -0.2) is 51.8 Å². The van der Waals surface area contributed by atoms with Crippen LogP contribution in [0.25, 0.3) is 10.9 Å². The molecule has 0 radical (unpaired) electrons. The molecule has 0 aliphatic carbocycles. The van der Waals surface area contributed by atoms with Crippen LogP contribution in [0.4, 0.5) is 4.79 Å². The summed E-state index contributed by atoms with van der Waals surface area (Å²) in [5, 5.41) is 4.02. The predicted molar refractivity (Wildman–Crippen MR) is 119 cm³/mol. The van der Waals surface area contributed by atoms with Crippen LogP contribution in [0, 0.1) is 5.92 Å². The van der Waals surface area contributed by atoms with Crippen molar-refractivity contribution in [3.63, 3.8) is 0 Å². The minimum atomic E-state index is -1.12. The number of rotatable bonds is 7. The van der Waals surface area contributed by atoms with Crippen molar-refractivity contribution in [3.05, 3.63) is 35.5 Å². The van der Waals surface area contributed by atoms with Crippen LogP contribution in [0.2, 0.25) is 0 Å². The molecular formula is C24H32N4O3. The van der Waals surface area contributed by atoms with Gasteiger partial charge in [-0.25, -0.2) is 9.69 Å². The number of aromatic nitrogens is 1. The molecule has 0 bridgehead atoms. The molecule has 31 heavy (non-hydrogen) atoms. The number of nitrogens with zero attached hydrogens (tertiary/aromatic N) is 2. The van der Waals surface area contributed by atoms with Gasteiger partial charge < -0.3 is 15.2 Å². The highest BCUT2D eigenvalue weighted by Gasteiger charge is 2.60. The zero-order valence-corrected chi connectivity index (χ0v) is 18.8. The first-order valence-corrected chi connectivity index (χ1v) is 11.3. The van der Waals surface area contributed by atoms with E-state index in [9.17, 15) is 14.4 Å². The Morgan fingerprint density at radius 2 is 2.00 bits per heavy atom. The summed E-state index contributed by atoms with van der Waals surface area (Å²) >= 11 is 0. The summed E-state index contributed by atoms with van der Waals surface area (Å²) in [5.41, 5.74) is 1.70. The van der Waals surface area contributed by atoms with Gasteiger partial charge in [-0.1, -0.05) is 45.4 Å². The molecule has 1 fully saturated rings. The molecule has 2 aliphatic heterocycles. The Bertz CT molecular complexity index is 1030. The molecule has 2 aliphatic rings. The molecule has 1 aromatic carbocycles. The number of carbonyl (C=O) groups is 3. The minimum absolute atomic E-state index is 0.164. The number of urea groups is 1. The second-order valence-electron chi connectivity index (χ2n) is 9.25. The van der Waals surface area contributed by atoms with Gasteiger partial charge in [-0.15, -0.1) is 0 Å². The lowest BCUT2D eigenvalue weighted by Crippen LogP contribution is -2.51. The van der Waals surface area contributed by atoms with Crippen molar-refractivity contribution >= 4 is 28.7 Å². The Hall–Kier alpha value is -2.83. The van der Waals surface area contributed by atoms with Gasteiger partial charge in [-0.2, -0.15) is 0 Å². The summed E-state index contributed by atoms with van der Waals surface area (Å²) in [5.74, 6) is -0.401. The van der Waals surface area contributed by atoms with Gasteiger partial charge in [0.2, 0.25) is 5.91 Å². The smallest absolute Gasteiger partial charge is 0.328 e. The maximum Gasteiger partial charge on any atom is 0.328 e. The average molecular weight is 425 g/mol. The maximum absolute atomic E-state index is 13.8. The Morgan fingerprint density at radius 3 is 2.71 bits per heavy atom. The number of nitrogens with one attached hydrogen (secondary N) is 2. The van der Waals surface area contributed by atoms with E-state index in [1.807, 2.05) is 45.0 Å². The van der Waals surface area contributed by atoms with Gasteiger partial charge in [0, 0.05) is 24.0 Å². The largest absolute Gasteiger partial charge is 0.356 e. The number of aromatic amines is 1. The lowest BCUT2D eigenvalue weighted by molar-refractivity contribution is -0.140. The van der Waals surface area contributed by atoms with Crippen LogP contribution >= 0.6 is 0 Å². The number of amides is 4. The van der Waals surface area contributed by atoms with Crippen LogP contribution in [0.15, 0.2) is 24.3 Å². The molecule has 0 spiro atoms. The fourth-order valence-electron chi connectivity index (χ4n) is 4.98. The summed E-state index contributed by atoms with van der Waals surface area (Å²) in [6.07, 6.45) is 2.95. The third-order valence-electron chi connectivity index (χ3n) is 6.64. The van der Waals surface area contributed by atoms with Crippen molar-refractivity contribution in [2.24, 2.45) is 5.92 Å². The van der Waals surface area contributed by atoms with E-state index in [1.165, 1.54) is 4.90 Å². The van der Waals surface area contributed by atoms with Crippen LogP contribution in [-0.2, 0) is 21.5 Å². The molecular weight excluding hydrogens is 392 g/mol. The SMILES string of the molecule is CCCCNC(=O)[C@@H](CC(C)C)N1C(=O)N2CCc3c([nH]c4ccccc34)[C@@]2(C)C1=O. The normalized spacial score (nSPS) is 21.6. The van der Waals surface area contributed by atoms with Gasteiger partial charge in [-0.3, -0.25) is 9.59 Å². The molecule has 4 rings (SSSR count).